The summed E-state index contributed by atoms with van der Waals surface area (Å²) in [6.45, 7) is 8.86. The predicted octanol–water partition coefficient (Wildman–Crippen LogP) is 5.38. The van der Waals surface area contributed by atoms with Crippen LogP contribution in [0.2, 0.25) is 0 Å². The molecule has 0 aromatic heterocycles. The van der Waals surface area contributed by atoms with Crippen LogP contribution in [0.5, 0.6) is 0 Å². The van der Waals surface area contributed by atoms with Gasteiger partial charge in [-0.2, -0.15) is 0 Å². The molecule has 1 rings (SSSR count). The first-order valence-electron chi connectivity index (χ1n) is 6.40. The standard InChI is InChI=1S/C16H25/c1-13(2)7-5-8-14(3)9-6-10-15(4)16-11-12-16/h7,9,11H,5-6,8,10,12H2,1-4H3/q+1/b14-9+,16-15-. The van der Waals surface area contributed by atoms with Gasteiger partial charge in [0.1, 0.15) is 5.57 Å². The minimum Gasteiger partial charge on any atom is -0.0856 e. The second-order valence-corrected chi connectivity index (χ2v) is 5.12. The highest BCUT2D eigenvalue weighted by molar-refractivity contribution is 5.36. The lowest BCUT2D eigenvalue weighted by Crippen LogP contribution is -1.80. The average Bonchev–Trinajstić information content (AvgIpc) is 2.99. The first-order valence-corrected chi connectivity index (χ1v) is 6.40. The van der Waals surface area contributed by atoms with E-state index >= 15 is 0 Å². The predicted molar refractivity (Wildman–Crippen MR) is 73.3 cm³/mol. The summed E-state index contributed by atoms with van der Waals surface area (Å²) in [7, 11) is 0. The summed E-state index contributed by atoms with van der Waals surface area (Å²) in [6, 6.07) is 0. The number of rotatable bonds is 6. The lowest BCUT2D eigenvalue weighted by molar-refractivity contribution is 0.916. The van der Waals surface area contributed by atoms with Gasteiger partial charge in [-0.15, -0.1) is 0 Å². The molecule has 0 aromatic carbocycles. The van der Waals surface area contributed by atoms with E-state index in [4.69, 9.17) is 0 Å². The number of allylic oxidation sites excluding steroid dienone is 6. The highest BCUT2D eigenvalue weighted by Gasteiger charge is 2.26. The Balaban J connectivity index is 2.18. The molecule has 0 spiro atoms. The van der Waals surface area contributed by atoms with Crippen LogP contribution in [0, 0.1) is 6.42 Å². The van der Waals surface area contributed by atoms with Gasteiger partial charge < -0.3 is 0 Å². The minimum atomic E-state index is 1.19. The van der Waals surface area contributed by atoms with Crippen LogP contribution in [0.15, 0.2) is 34.4 Å². The van der Waals surface area contributed by atoms with E-state index < -0.39 is 0 Å². The van der Waals surface area contributed by atoms with Crippen molar-refractivity contribution in [2.24, 2.45) is 0 Å². The number of hydrogen-bond acceptors (Lipinski definition) is 0. The molecule has 0 N–H and O–H groups in total. The van der Waals surface area contributed by atoms with Crippen LogP contribution >= 0.6 is 0 Å². The molecule has 0 aromatic rings. The SMILES string of the molecule is CC(C)=CCC/C(C)=C/CC/C(C)=C1/[CH+]C1. The normalized spacial score (nSPS) is 17.9. The smallest absolute Gasteiger partial charge is 0.0856 e. The van der Waals surface area contributed by atoms with Gasteiger partial charge in [0.2, 0.25) is 0 Å². The van der Waals surface area contributed by atoms with Crippen LogP contribution < -0.4 is 0 Å². The summed E-state index contributed by atoms with van der Waals surface area (Å²) in [4.78, 5) is 0. The van der Waals surface area contributed by atoms with Gasteiger partial charge in [0.05, 0.1) is 18.4 Å². The Morgan fingerprint density at radius 2 is 1.69 bits per heavy atom. The van der Waals surface area contributed by atoms with E-state index in [1.54, 1.807) is 11.1 Å². The van der Waals surface area contributed by atoms with Crippen molar-refractivity contribution in [2.75, 3.05) is 0 Å². The van der Waals surface area contributed by atoms with E-state index in [1.807, 2.05) is 0 Å². The van der Waals surface area contributed by atoms with Crippen molar-refractivity contribution in [3.8, 4) is 0 Å². The van der Waals surface area contributed by atoms with Crippen molar-refractivity contribution in [2.45, 2.75) is 59.8 Å². The van der Waals surface area contributed by atoms with Crippen molar-refractivity contribution in [1.29, 1.82) is 0 Å². The fraction of sp³-hybridized carbons (Fsp3) is 0.562. The van der Waals surface area contributed by atoms with Gasteiger partial charge in [0.25, 0.3) is 0 Å². The van der Waals surface area contributed by atoms with Gasteiger partial charge >= 0.3 is 0 Å². The molecule has 0 bridgehead atoms. The van der Waals surface area contributed by atoms with Gasteiger partial charge in [0, 0.05) is 13.3 Å². The first kappa shape index (κ1) is 13.2. The maximum absolute atomic E-state index is 2.41. The van der Waals surface area contributed by atoms with Crippen molar-refractivity contribution in [3.05, 3.63) is 40.9 Å². The lowest BCUT2D eigenvalue weighted by atomic mass is 10.1. The highest BCUT2D eigenvalue weighted by atomic mass is 14.2. The Labute approximate surface area is 101 Å². The first-order chi connectivity index (χ1) is 7.59. The molecule has 0 atom stereocenters. The molecule has 0 heterocycles. The maximum Gasteiger partial charge on any atom is 0.128 e. The largest absolute Gasteiger partial charge is 0.128 e. The van der Waals surface area contributed by atoms with Crippen LogP contribution in [0.3, 0.4) is 0 Å². The summed E-state index contributed by atoms with van der Waals surface area (Å²) in [5, 5.41) is 0. The maximum atomic E-state index is 2.41. The third-order valence-electron chi connectivity index (χ3n) is 3.06. The molecular weight excluding hydrogens is 192 g/mol. The Bertz CT molecular complexity index is 303. The fourth-order valence-corrected chi connectivity index (χ4v) is 1.79. The Morgan fingerprint density at radius 1 is 1.06 bits per heavy atom. The zero-order valence-corrected chi connectivity index (χ0v) is 11.3. The van der Waals surface area contributed by atoms with Crippen molar-refractivity contribution < 1.29 is 0 Å². The van der Waals surface area contributed by atoms with E-state index in [0.717, 1.165) is 0 Å². The zero-order valence-electron chi connectivity index (χ0n) is 11.3. The van der Waals surface area contributed by atoms with E-state index in [0.29, 0.717) is 0 Å². The average molecular weight is 217 g/mol. The third kappa shape index (κ3) is 5.85. The second kappa shape index (κ2) is 6.62. The molecule has 1 saturated carbocycles. The molecule has 88 valence electrons. The summed E-state index contributed by atoms with van der Waals surface area (Å²) in [5.74, 6) is 0. The molecule has 1 aliphatic rings. The highest BCUT2D eigenvalue weighted by Crippen LogP contribution is 2.31. The Kier molecular flexibility index (Phi) is 5.45. The van der Waals surface area contributed by atoms with E-state index in [2.05, 4.69) is 46.3 Å². The van der Waals surface area contributed by atoms with Crippen LogP contribution in [0.25, 0.3) is 0 Å². The zero-order chi connectivity index (χ0) is 12.0. The summed E-state index contributed by atoms with van der Waals surface area (Å²) >= 11 is 0. The molecule has 0 nitrogen and oxygen atoms in total. The Hall–Kier alpha value is -0.910. The summed E-state index contributed by atoms with van der Waals surface area (Å²) in [5.41, 5.74) is 6.15. The molecule has 0 saturated heterocycles. The quantitative estimate of drug-likeness (QED) is 0.413. The molecular formula is C16H25+. The van der Waals surface area contributed by atoms with Gasteiger partial charge in [-0.05, 0) is 40.0 Å². The van der Waals surface area contributed by atoms with Crippen molar-refractivity contribution >= 4 is 0 Å². The van der Waals surface area contributed by atoms with Crippen molar-refractivity contribution in [1.82, 2.24) is 0 Å². The molecule has 0 heteroatoms. The summed E-state index contributed by atoms with van der Waals surface area (Å²) < 4.78 is 0. The van der Waals surface area contributed by atoms with Gasteiger partial charge in [-0.25, -0.2) is 0 Å². The molecule has 0 radical (unpaired) electrons. The molecule has 1 aliphatic carbocycles. The second-order valence-electron chi connectivity index (χ2n) is 5.12. The lowest BCUT2D eigenvalue weighted by Gasteiger charge is -1.98. The van der Waals surface area contributed by atoms with Crippen LogP contribution in [-0.2, 0) is 0 Å². The molecule has 0 unspecified atom stereocenters. The van der Waals surface area contributed by atoms with E-state index in [-0.39, 0.29) is 0 Å². The third-order valence-corrected chi connectivity index (χ3v) is 3.06. The van der Waals surface area contributed by atoms with E-state index in [9.17, 15) is 0 Å². The Morgan fingerprint density at radius 3 is 2.25 bits per heavy atom. The van der Waals surface area contributed by atoms with Crippen LogP contribution in [0.1, 0.15) is 59.8 Å². The fourth-order valence-electron chi connectivity index (χ4n) is 1.79. The van der Waals surface area contributed by atoms with Gasteiger partial charge in [0.15, 0.2) is 0 Å². The number of hydrogen-bond donors (Lipinski definition) is 0. The van der Waals surface area contributed by atoms with Gasteiger partial charge in [-0.3, -0.25) is 0 Å². The topological polar surface area (TPSA) is 0 Å². The van der Waals surface area contributed by atoms with Gasteiger partial charge in [-0.1, -0.05) is 23.3 Å². The van der Waals surface area contributed by atoms with Crippen LogP contribution in [0.4, 0.5) is 0 Å². The molecule has 0 aliphatic heterocycles. The monoisotopic (exact) mass is 217 g/mol. The van der Waals surface area contributed by atoms with E-state index in [1.165, 1.54) is 43.3 Å². The van der Waals surface area contributed by atoms with Crippen molar-refractivity contribution in [3.63, 3.8) is 0 Å². The molecule has 16 heavy (non-hydrogen) atoms. The molecule has 1 fully saturated rings. The minimum absolute atomic E-state index is 1.19. The summed E-state index contributed by atoms with van der Waals surface area (Å²) in [6.07, 6.45) is 13.2. The molecule has 0 amide bonds. The van der Waals surface area contributed by atoms with Crippen LogP contribution in [-0.4, -0.2) is 0 Å².